The molecule has 1 aliphatic rings. The van der Waals surface area contributed by atoms with Crippen LogP contribution in [0.5, 0.6) is 0 Å². The van der Waals surface area contributed by atoms with Crippen LogP contribution in [0, 0.1) is 5.92 Å². The number of amides is 1. The van der Waals surface area contributed by atoms with Crippen molar-refractivity contribution in [2.24, 2.45) is 16.8 Å². The topological polar surface area (TPSA) is 76.7 Å². The molecule has 1 saturated heterocycles. The normalized spacial score (nSPS) is 19.7. The van der Waals surface area contributed by atoms with Gasteiger partial charge in [-0.05, 0) is 5.56 Å². The number of nitrogens with one attached hydrogen (secondary N) is 1. The first kappa shape index (κ1) is 12.4. The first-order valence-electron chi connectivity index (χ1n) is 5.99. The van der Waals surface area contributed by atoms with E-state index in [1.165, 1.54) is 0 Å². The lowest BCUT2D eigenvalue weighted by Gasteiger charge is -2.06. The quantitative estimate of drug-likeness (QED) is 0.456. The van der Waals surface area contributed by atoms with Gasteiger partial charge in [-0.25, -0.2) is 0 Å². The summed E-state index contributed by atoms with van der Waals surface area (Å²) in [5, 5.41) is 6.61. The monoisotopic (exact) mass is 247 g/mol. The van der Waals surface area contributed by atoms with Gasteiger partial charge in [0.05, 0.1) is 0 Å². The second-order valence-corrected chi connectivity index (χ2v) is 4.41. The summed E-state index contributed by atoms with van der Waals surface area (Å²) in [5.41, 5.74) is 6.86. The summed E-state index contributed by atoms with van der Waals surface area (Å²) in [4.78, 5) is 16.1. The highest BCUT2D eigenvalue weighted by atomic mass is 16.6. The Morgan fingerprint density at radius 3 is 2.89 bits per heavy atom. The fourth-order valence-electron chi connectivity index (χ4n) is 1.85. The average molecular weight is 247 g/mol. The van der Waals surface area contributed by atoms with E-state index in [9.17, 15) is 4.79 Å². The minimum atomic E-state index is 0.0739. The number of rotatable bonds is 5. The average Bonchev–Trinajstić information content (AvgIpc) is 2.76. The van der Waals surface area contributed by atoms with E-state index in [0.717, 1.165) is 5.56 Å². The fraction of sp³-hybridized carbons (Fsp3) is 0.385. The highest BCUT2D eigenvalue weighted by Crippen LogP contribution is 2.09. The van der Waals surface area contributed by atoms with E-state index in [1.54, 1.807) is 0 Å². The molecular formula is C13H17N3O2. The summed E-state index contributed by atoms with van der Waals surface area (Å²) < 4.78 is 0. The van der Waals surface area contributed by atoms with Gasteiger partial charge in [0, 0.05) is 25.3 Å². The van der Waals surface area contributed by atoms with Crippen molar-refractivity contribution in [3.05, 3.63) is 35.9 Å². The van der Waals surface area contributed by atoms with Gasteiger partial charge in [0.1, 0.15) is 12.4 Å². The lowest BCUT2D eigenvalue weighted by Crippen LogP contribution is -2.18. The molecule has 1 unspecified atom stereocenters. The van der Waals surface area contributed by atoms with E-state index >= 15 is 0 Å². The molecule has 0 bridgehead atoms. The van der Waals surface area contributed by atoms with Crippen LogP contribution in [0.2, 0.25) is 0 Å². The summed E-state index contributed by atoms with van der Waals surface area (Å²) in [6.45, 7) is 1.08. The zero-order valence-corrected chi connectivity index (χ0v) is 10.1. The molecule has 5 nitrogen and oxygen atoms in total. The maximum atomic E-state index is 11.0. The summed E-state index contributed by atoms with van der Waals surface area (Å²) in [5.74, 6) is 0.717. The minimum Gasteiger partial charge on any atom is -0.394 e. The number of carbonyl (C=O) groups is 1. The Labute approximate surface area is 106 Å². The van der Waals surface area contributed by atoms with Gasteiger partial charge in [0.15, 0.2) is 0 Å². The molecule has 1 fully saturated rings. The molecule has 0 aromatic heterocycles. The van der Waals surface area contributed by atoms with Gasteiger partial charge in [-0.15, -0.1) is 0 Å². The summed E-state index contributed by atoms with van der Waals surface area (Å²) >= 11 is 0. The highest BCUT2D eigenvalue weighted by molar-refractivity contribution is 5.82. The van der Waals surface area contributed by atoms with Gasteiger partial charge in [0.25, 0.3) is 0 Å². The Bertz CT molecular complexity index is 431. The maximum Gasteiger partial charge on any atom is 0.220 e. The van der Waals surface area contributed by atoms with Crippen LogP contribution in [-0.2, 0) is 16.1 Å². The van der Waals surface area contributed by atoms with Crippen molar-refractivity contribution in [3.63, 3.8) is 0 Å². The Balaban J connectivity index is 1.74. The van der Waals surface area contributed by atoms with Crippen molar-refractivity contribution in [1.29, 1.82) is 0 Å². The molecule has 1 atom stereocenters. The van der Waals surface area contributed by atoms with Crippen LogP contribution >= 0.6 is 0 Å². The summed E-state index contributed by atoms with van der Waals surface area (Å²) in [6, 6.07) is 9.85. The highest BCUT2D eigenvalue weighted by Gasteiger charge is 2.21. The van der Waals surface area contributed by atoms with E-state index in [1.807, 2.05) is 30.3 Å². The fourth-order valence-corrected chi connectivity index (χ4v) is 1.85. The number of nitrogens with zero attached hydrogens (tertiary/aromatic N) is 1. The Morgan fingerprint density at radius 2 is 2.22 bits per heavy atom. The molecule has 1 aromatic rings. The van der Waals surface area contributed by atoms with Crippen molar-refractivity contribution < 1.29 is 9.63 Å². The van der Waals surface area contributed by atoms with Crippen LogP contribution < -0.4 is 11.1 Å². The van der Waals surface area contributed by atoms with Crippen LogP contribution in [0.3, 0.4) is 0 Å². The largest absolute Gasteiger partial charge is 0.394 e. The molecule has 2 rings (SSSR count). The molecule has 1 aliphatic heterocycles. The third-order valence-electron chi connectivity index (χ3n) is 2.78. The molecule has 18 heavy (non-hydrogen) atoms. The Morgan fingerprint density at radius 1 is 1.44 bits per heavy atom. The van der Waals surface area contributed by atoms with Gasteiger partial charge in [0.2, 0.25) is 5.91 Å². The Hall–Kier alpha value is -2.04. The maximum absolute atomic E-state index is 11.0. The van der Waals surface area contributed by atoms with E-state index in [-0.39, 0.29) is 11.8 Å². The van der Waals surface area contributed by atoms with Gasteiger partial charge in [-0.1, -0.05) is 35.5 Å². The lowest BCUT2D eigenvalue weighted by molar-refractivity contribution is -0.119. The number of hydrogen-bond acceptors (Lipinski definition) is 3. The zero-order valence-electron chi connectivity index (χ0n) is 10.1. The number of oxime groups is 1. The summed E-state index contributed by atoms with van der Waals surface area (Å²) in [6.07, 6.45) is 1.08. The molecule has 0 aliphatic carbocycles. The first-order chi connectivity index (χ1) is 8.74. The standard InChI is InChI=1S/C13H17N3O2/c14-12(6-10-4-2-1-3-5-10)16-18-9-11-7-13(17)15-8-11/h1-5,11H,6-9H2,(H2,14,16)(H,15,17). The predicted octanol–water partition coefficient (Wildman–Crippen LogP) is 0.654. The van der Waals surface area contributed by atoms with Crippen molar-refractivity contribution >= 4 is 11.7 Å². The van der Waals surface area contributed by atoms with Gasteiger partial charge < -0.3 is 15.9 Å². The first-order valence-corrected chi connectivity index (χ1v) is 5.99. The number of hydrogen-bond donors (Lipinski definition) is 2. The third kappa shape index (κ3) is 3.76. The predicted molar refractivity (Wildman–Crippen MR) is 68.8 cm³/mol. The van der Waals surface area contributed by atoms with Gasteiger partial charge in [-0.3, -0.25) is 4.79 Å². The number of amidine groups is 1. The van der Waals surface area contributed by atoms with Crippen LogP contribution in [0.4, 0.5) is 0 Å². The number of carbonyl (C=O) groups excluding carboxylic acids is 1. The molecule has 0 saturated carbocycles. The van der Waals surface area contributed by atoms with Crippen LogP contribution in [-0.4, -0.2) is 24.9 Å². The molecule has 1 heterocycles. The minimum absolute atomic E-state index is 0.0739. The number of nitrogens with two attached hydrogens (primary N) is 1. The summed E-state index contributed by atoms with van der Waals surface area (Å²) in [7, 11) is 0. The lowest BCUT2D eigenvalue weighted by atomic mass is 10.1. The molecule has 5 heteroatoms. The molecule has 96 valence electrons. The molecule has 3 N–H and O–H groups in total. The second-order valence-electron chi connectivity index (χ2n) is 4.41. The number of benzene rings is 1. The molecule has 1 amide bonds. The van der Waals surface area contributed by atoms with Gasteiger partial charge >= 0.3 is 0 Å². The van der Waals surface area contributed by atoms with E-state index in [0.29, 0.717) is 31.8 Å². The second kappa shape index (κ2) is 6.05. The van der Waals surface area contributed by atoms with E-state index in [2.05, 4.69) is 10.5 Å². The van der Waals surface area contributed by atoms with Crippen molar-refractivity contribution in [3.8, 4) is 0 Å². The van der Waals surface area contributed by atoms with Crippen LogP contribution in [0.15, 0.2) is 35.5 Å². The van der Waals surface area contributed by atoms with Crippen LogP contribution in [0.1, 0.15) is 12.0 Å². The van der Waals surface area contributed by atoms with Crippen molar-refractivity contribution in [2.75, 3.05) is 13.2 Å². The molecule has 0 radical (unpaired) electrons. The molecule has 1 aromatic carbocycles. The van der Waals surface area contributed by atoms with Crippen LogP contribution in [0.25, 0.3) is 0 Å². The molecular weight excluding hydrogens is 230 g/mol. The molecule has 0 spiro atoms. The third-order valence-corrected chi connectivity index (χ3v) is 2.78. The SMILES string of the molecule is N/C(Cc1ccccc1)=N\OCC1CNC(=O)C1. The Kier molecular flexibility index (Phi) is 4.17. The van der Waals surface area contributed by atoms with Crippen molar-refractivity contribution in [1.82, 2.24) is 5.32 Å². The smallest absolute Gasteiger partial charge is 0.220 e. The van der Waals surface area contributed by atoms with E-state index < -0.39 is 0 Å². The van der Waals surface area contributed by atoms with E-state index in [4.69, 9.17) is 10.6 Å². The van der Waals surface area contributed by atoms with Gasteiger partial charge in [-0.2, -0.15) is 0 Å². The zero-order chi connectivity index (χ0) is 12.8. The van der Waals surface area contributed by atoms with Crippen molar-refractivity contribution in [2.45, 2.75) is 12.8 Å².